The molecule has 0 aromatic heterocycles. The Kier molecular flexibility index (Phi) is 44.7. The van der Waals surface area contributed by atoms with Gasteiger partial charge >= 0.3 is 16.4 Å². The van der Waals surface area contributed by atoms with Crippen LogP contribution in [-0.2, 0) is 24.2 Å². The second-order valence-electron chi connectivity index (χ2n) is 21.7. The molecule has 0 spiro atoms. The molecule has 0 aliphatic rings. The highest BCUT2D eigenvalue weighted by Gasteiger charge is 2.31. The van der Waals surface area contributed by atoms with Crippen molar-refractivity contribution in [1.29, 1.82) is 0 Å². The first-order valence-electron chi connectivity index (χ1n) is 29.3. The summed E-state index contributed by atoms with van der Waals surface area (Å²) in [5, 5.41) is 144. The zero-order valence-electron chi connectivity index (χ0n) is 50.5. The van der Waals surface area contributed by atoms with Gasteiger partial charge in [0, 0.05) is 62.0 Å². The molecule has 23 nitrogen and oxygen atoms in total. The average Bonchev–Trinajstić information content (AvgIpc) is 3.48. The fourth-order valence-corrected chi connectivity index (χ4v) is 8.97. The van der Waals surface area contributed by atoms with E-state index in [0.29, 0.717) is 6.42 Å². The molecule has 0 saturated heterocycles. The molecule has 0 radical (unpaired) electrons. The van der Waals surface area contributed by atoms with Gasteiger partial charge in [0.25, 0.3) is 0 Å². The van der Waals surface area contributed by atoms with E-state index in [1.54, 1.807) is 85.9 Å². The predicted molar refractivity (Wildman–Crippen MR) is 334 cm³/mol. The summed E-state index contributed by atoms with van der Waals surface area (Å²) in [5.41, 5.74) is 10.7. The number of hydrogen-bond donors (Lipinski definition) is 17. The number of hydrogen-bond acceptors (Lipinski definition) is 19. The minimum absolute atomic E-state index is 0.0340. The van der Waals surface area contributed by atoms with Crippen molar-refractivity contribution >= 4 is 28.1 Å². The third-order valence-electron chi connectivity index (χ3n) is 13.6. The molecular weight excluding hydrogens is 1150 g/mol. The minimum Gasteiger partial charge on any atom is -0.478 e. The van der Waals surface area contributed by atoms with Gasteiger partial charge in [-0.1, -0.05) is 161 Å². The molecule has 0 aliphatic carbocycles. The molecule has 19 N–H and O–H groups in total. The Bertz CT molecular complexity index is 2430. The van der Waals surface area contributed by atoms with Gasteiger partial charge in [0.1, 0.15) is 11.9 Å². The van der Waals surface area contributed by atoms with E-state index in [1.165, 1.54) is 50.3 Å². The first-order valence-corrected chi connectivity index (χ1v) is 30.6. The van der Waals surface area contributed by atoms with E-state index in [-0.39, 0.29) is 88.2 Å². The average molecular weight is 1250 g/mol. The molecule has 494 valence electrons. The van der Waals surface area contributed by atoms with E-state index in [9.17, 15) is 88.9 Å². The molecule has 0 bridgehead atoms. The van der Waals surface area contributed by atoms with Crippen LogP contribution in [0.2, 0.25) is 0 Å². The number of rotatable bonds is 48. The quantitative estimate of drug-likeness (QED) is 0.00791. The number of guanidine groups is 1. The van der Waals surface area contributed by atoms with Crippen molar-refractivity contribution in [3.8, 4) is 0 Å². The number of aliphatic imine (C=N–C) groups is 1. The number of aliphatic hydroxyl groups excluding tert-OH is 13. The van der Waals surface area contributed by atoms with Gasteiger partial charge in [0.15, 0.2) is 5.96 Å². The Hall–Kier alpha value is -5.36. The summed E-state index contributed by atoms with van der Waals surface area (Å²) in [6, 6.07) is 0. The number of unbranched alkanes of at least 4 members (excludes halogenated alkanes) is 1. The molecule has 0 heterocycles. The third kappa shape index (κ3) is 43.9. The van der Waals surface area contributed by atoms with Crippen molar-refractivity contribution in [1.82, 2.24) is 0 Å². The van der Waals surface area contributed by atoms with E-state index >= 15 is 0 Å². The van der Waals surface area contributed by atoms with Gasteiger partial charge in [-0.25, -0.2) is 8.98 Å². The third-order valence-corrected chi connectivity index (χ3v) is 14.1. The topological polar surface area (TPSA) is 445 Å². The lowest BCUT2D eigenvalue weighted by Gasteiger charge is -2.26. The Labute approximate surface area is 513 Å². The summed E-state index contributed by atoms with van der Waals surface area (Å²) < 4.78 is 37.4. The fourth-order valence-electron chi connectivity index (χ4n) is 8.42. The molecule has 87 heavy (non-hydrogen) atoms. The number of nitrogens with two attached hydrogens (primary N) is 2. The van der Waals surface area contributed by atoms with Gasteiger partial charge < -0.3 is 83.0 Å². The Morgan fingerprint density at radius 3 is 1.57 bits per heavy atom. The number of allylic oxidation sites excluding steroid dienone is 16. The molecule has 0 rings (SSSR count). The summed E-state index contributed by atoms with van der Waals surface area (Å²) in [5.74, 6) is -3.39. The van der Waals surface area contributed by atoms with E-state index in [2.05, 4.69) is 4.99 Å². The van der Waals surface area contributed by atoms with E-state index in [4.69, 9.17) is 20.8 Å². The highest BCUT2D eigenvalue weighted by molar-refractivity contribution is 7.80. The molecule has 17 unspecified atom stereocenters. The minimum atomic E-state index is -4.97. The monoisotopic (exact) mass is 1250 g/mol. The first-order chi connectivity index (χ1) is 40.9. The zero-order chi connectivity index (χ0) is 65.9. The maximum Gasteiger partial charge on any atom is 0.397 e. The van der Waals surface area contributed by atoms with Crippen LogP contribution < -0.4 is 11.5 Å². The summed E-state index contributed by atoms with van der Waals surface area (Å²) in [7, 11) is -4.97. The number of carbonyl (C=O) groups is 2. The summed E-state index contributed by atoms with van der Waals surface area (Å²) >= 11 is 0. The number of Topliss-reactive ketones (excluding diaryl/α,β-unsaturated/α-hetero) is 1. The normalized spacial score (nSPS) is 19.4. The smallest absolute Gasteiger partial charge is 0.397 e. The van der Waals surface area contributed by atoms with Gasteiger partial charge in [0.2, 0.25) is 0 Å². The summed E-state index contributed by atoms with van der Waals surface area (Å²) in [4.78, 5) is 27.7. The SMILES string of the molecule is C\C(=C/C=C/C=C/CC/C=C/C(C)C(O)C(C)C(O)/C=C/C=C/C=C/C=C/C=C/C=C/CC(OS(=O)(=O)O)C(C)C(=O)CC(O)CC(O)/C=C/CC(O)CC(O)CC(O)/C=C/CC(O)CC(O)C(O)C(O)CC(O)CC(O)CCCN=C(N)N)C(=O)O. The van der Waals surface area contributed by atoms with Gasteiger partial charge in [-0.2, -0.15) is 8.42 Å². The van der Waals surface area contributed by atoms with Crippen molar-refractivity contribution in [3.05, 3.63) is 145 Å². The molecule has 0 aromatic rings. The standard InChI is InChI=1S/C63H101N3O20S/c1-43(26-19-15-11-10-12-16-20-27-44(2)62(81)82)60(79)46(4)55(75)33-21-17-13-8-6-5-7-9-14-18-22-34-59(86-87(83,84)85)45(3)56(76)41-53(73)38-49(69)29-23-28-47(67)36-52(72)37-48(68)30-24-31-51(71)40-57(77)61(80)58(78)42-54(74)39-50(70)32-25-35-66-63(64)65/h5-10,12-14,16-24,26-27,29-30,33,43,45-55,57-61,67-75,77-80H,11,15,25,28,31-32,34-42H2,1-4H3,(H,81,82)(H4,64,65,66)(H,83,84,85)/b7-5+,8-6+,12-10+,14-9+,17-13+,20-16+,22-18+,26-19+,29-23+,30-24+,33-21+,44-27+. The maximum atomic E-state index is 13.1. The summed E-state index contributed by atoms with van der Waals surface area (Å²) in [6.07, 6.45) is 20.9. The Morgan fingerprint density at radius 1 is 0.529 bits per heavy atom. The molecule has 0 saturated carbocycles. The lowest BCUT2D eigenvalue weighted by atomic mass is 9.88. The number of nitrogens with zero attached hydrogens (tertiary/aromatic N) is 1. The second kappa shape index (κ2) is 47.6. The van der Waals surface area contributed by atoms with Crippen LogP contribution >= 0.6 is 0 Å². The van der Waals surface area contributed by atoms with Crippen molar-refractivity contribution in [2.75, 3.05) is 6.54 Å². The largest absolute Gasteiger partial charge is 0.478 e. The van der Waals surface area contributed by atoms with Crippen molar-refractivity contribution < 1.29 is 98.2 Å². The van der Waals surface area contributed by atoms with Gasteiger partial charge in [-0.15, -0.1) is 0 Å². The highest BCUT2D eigenvalue weighted by Crippen LogP contribution is 2.22. The zero-order valence-corrected chi connectivity index (χ0v) is 51.3. The van der Waals surface area contributed by atoms with Crippen LogP contribution in [0.1, 0.15) is 118 Å². The molecule has 0 amide bonds. The lowest BCUT2D eigenvalue weighted by molar-refractivity contribution is -0.132. The van der Waals surface area contributed by atoms with Crippen LogP contribution in [-0.4, -0.2) is 194 Å². The second-order valence-corrected chi connectivity index (χ2v) is 22.7. The van der Waals surface area contributed by atoms with E-state index in [0.717, 1.165) is 12.8 Å². The van der Waals surface area contributed by atoms with Crippen molar-refractivity contribution in [2.45, 2.75) is 203 Å². The maximum absolute atomic E-state index is 13.1. The van der Waals surface area contributed by atoms with Crippen LogP contribution in [0, 0.1) is 17.8 Å². The number of aliphatic hydroxyl groups is 13. The molecule has 0 aliphatic heterocycles. The van der Waals surface area contributed by atoms with E-state index < -0.39 is 126 Å². The Morgan fingerprint density at radius 2 is 1.01 bits per heavy atom. The predicted octanol–water partition coefficient (Wildman–Crippen LogP) is 3.23. The number of carboxylic acids is 1. The molecule has 17 atom stereocenters. The first kappa shape index (κ1) is 81.6. The molecule has 24 heteroatoms. The van der Waals surface area contributed by atoms with Crippen LogP contribution in [0.5, 0.6) is 0 Å². The van der Waals surface area contributed by atoms with Crippen LogP contribution in [0.3, 0.4) is 0 Å². The number of ketones is 1. The Balaban J connectivity index is 4.84. The van der Waals surface area contributed by atoms with Crippen LogP contribution in [0.25, 0.3) is 0 Å². The van der Waals surface area contributed by atoms with Gasteiger partial charge in [-0.3, -0.25) is 14.3 Å². The number of carboxylic acid groups (broad SMARTS) is 1. The van der Waals surface area contributed by atoms with E-state index in [1.807, 2.05) is 31.2 Å². The van der Waals surface area contributed by atoms with Crippen molar-refractivity contribution in [3.63, 3.8) is 0 Å². The van der Waals surface area contributed by atoms with Crippen molar-refractivity contribution in [2.24, 2.45) is 34.2 Å². The van der Waals surface area contributed by atoms with Gasteiger partial charge in [-0.05, 0) is 64.7 Å². The van der Waals surface area contributed by atoms with Crippen LogP contribution in [0.15, 0.2) is 150 Å². The highest BCUT2D eigenvalue weighted by atomic mass is 32.3. The molecule has 0 aromatic carbocycles. The summed E-state index contributed by atoms with van der Waals surface area (Å²) in [6.45, 7) is 6.83. The lowest BCUT2D eigenvalue weighted by Crippen LogP contribution is -2.41. The number of aliphatic carboxylic acids is 1. The fraction of sp³-hybridized carbons (Fsp3) is 0.571. The van der Waals surface area contributed by atoms with Crippen LogP contribution in [0.4, 0.5) is 0 Å². The number of carbonyl (C=O) groups excluding carboxylic acids is 1. The van der Waals surface area contributed by atoms with Gasteiger partial charge in [0.05, 0.1) is 79.4 Å². The molecular formula is C63H101N3O20S. The molecule has 0 fully saturated rings.